The number of fused-ring (bicyclic) bond motifs is 1. The number of anilines is 1. The van der Waals surface area contributed by atoms with Crippen molar-refractivity contribution in [1.29, 1.82) is 0 Å². The normalized spacial score (nSPS) is 11.1. The van der Waals surface area contributed by atoms with Gasteiger partial charge in [0.2, 0.25) is 0 Å². The number of thiophene rings is 1. The minimum Gasteiger partial charge on any atom is -0.397 e. The highest BCUT2D eigenvalue weighted by Gasteiger charge is 2.19. The van der Waals surface area contributed by atoms with Gasteiger partial charge in [-0.15, -0.1) is 11.3 Å². The number of nitrogens with one attached hydrogen (secondary N) is 1. The third kappa shape index (κ3) is 3.17. The van der Waals surface area contributed by atoms with Crippen molar-refractivity contribution >= 4 is 33.1 Å². The lowest BCUT2D eigenvalue weighted by Crippen LogP contribution is -2.23. The average Bonchev–Trinajstić information content (AvgIpc) is 2.86. The molecule has 0 saturated carbocycles. The van der Waals surface area contributed by atoms with Crippen LogP contribution in [0.5, 0.6) is 0 Å². The largest absolute Gasteiger partial charge is 0.397 e. The molecule has 2 aromatic heterocycles. The Labute approximate surface area is 145 Å². The lowest BCUT2D eigenvalue weighted by Gasteiger charge is -2.06. The predicted molar refractivity (Wildman–Crippen MR) is 91.0 cm³/mol. The zero-order valence-corrected chi connectivity index (χ0v) is 14.2. The van der Waals surface area contributed by atoms with E-state index < -0.39 is 23.4 Å². The molecule has 3 aromatic rings. The van der Waals surface area contributed by atoms with Gasteiger partial charge in [0.15, 0.2) is 11.6 Å². The first-order valence-electron chi connectivity index (χ1n) is 7.35. The van der Waals surface area contributed by atoms with E-state index in [-0.39, 0.29) is 17.0 Å². The summed E-state index contributed by atoms with van der Waals surface area (Å²) in [6.07, 6.45) is 0. The van der Waals surface area contributed by atoms with Crippen molar-refractivity contribution in [2.45, 2.75) is 20.4 Å². The van der Waals surface area contributed by atoms with Crippen molar-refractivity contribution in [1.82, 2.24) is 10.3 Å². The number of benzene rings is 1. The molecule has 8 heteroatoms. The molecule has 0 aliphatic rings. The fraction of sp³-hybridized carbons (Fsp3) is 0.176. The van der Waals surface area contributed by atoms with Gasteiger partial charge in [0.05, 0.1) is 5.69 Å². The third-order valence-corrected chi connectivity index (χ3v) is 4.86. The first-order valence-corrected chi connectivity index (χ1v) is 8.17. The van der Waals surface area contributed by atoms with Crippen LogP contribution < -0.4 is 11.1 Å². The Hall–Kier alpha value is -2.61. The lowest BCUT2D eigenvalue weighted by molar-refractivity contribution is 0.0955. The Balaban J connectivity index is 1.87. The molecular formula is C17H14F3N3OS. The van der Waals surface area contributed by atoms with Crippen molar-refractivity contribution in [2.75, 3.05) is 5.73 Å². The van der Waals surface area contributed by atoms with Crippen LogP contribution in [-0.4, -0.2) is 10.9 Å². The van der Waals surface area contributed by atoms with E-state index in [2.05, 4.69) is 10.3 Å². The van der Waals surface area contributed by atoms with E-state index in [4.69, 9.17) is 5.73 Å². The highest BCUT2D eigenvalue weighted by atomic mass is 32.1. The van der Waals surface area contributed by atoms with Crippen LogP contribution in [0.3, 0.4) is 0 Å². The topological polar surface area (TPSA) is 68.0 Å². The van der Waals surface area contributed by atoms with Gasteiger partial charge in [0, 0.05) is 29.3 Å². The zero-order chi connectivity index (χ0) is 18.3. The molecule has 0 aliphatic heterocycles. The van der Waals surface area contributed by atoms with Crippen LogP contribution in [0, 0.1) is 31.3 Å². The SMILES string of the molecule is Cc1cc(C)c2c(N)c(C(=O)NCc3cc(F)c(F)cc3F)sc2n1. The molecule has 0 unspecified atom stereocenters. The number of aromatic nitrogens is 1. The first kappa shape index (κ1) is 17.2. The molecule has 1 amide bonds. The summed E-state index contributed by atoms with van der Waals surface area (Å²) in [5, 5.41) is 3.18. The van der Waals surface area contributed by atoms with Gasteiger partial charge in [-0.2, -0.15) is 0 Å². The summed E-state index contributed by atoms with van der Waals surface area (Å²) in [4.78, 5) is 17.6. The number of carbonyl (C=O) groups excluding carboxylic acids is 1. The molecule has 0 radical (unpaired) electrons. The number of hydrogen-bond acceptors (Lipinski definition) is 4. The molecule has 3 N–H and O–H groups in total. The molecule has 4 nitrogen and oxygen atoms in total. The summed E-state index contributed by atoms with van der Waals surface area (Å²) in [5.74, 6) is -3.92. The molecule has 0 atom stereocenters. The molecule has 1 aromatic carbocycles. The number of hydrogen-bond donors (Lipinski definition) is 2. The van der Waals surface area contributed by atoms with E-state index in [1.165, 1.54) is 0 Å². The van der Waals surface area contributed by atoms with Crippen molar-refractivity contribution < 1.29 is 18.0 Å². The summed E-state index contributed by atoms with van der Waals surface area (Å²) >= 11 is 1.13. The van der Waals surface area contributed by atoms with E-state index in [0.717, 1.165) is 22.6 Å². The fourth-order valence-electron chi connectivity index (χ4n) is 2.59. The summed E-state index contributed by atoms with van der Waals surface area (Å²) in [7, 11) is 0. The minimum atomic E-state index is -1.28. The summed E-state index contributed by atoms with van der Waals surface area (Å²) in [6.45, 7) is 3.42. The van der Waals surface area contributed by atoms with Gasteiger partial charge in [0.1, 0.15) is 15.5 Å². The predicted octanol–water partition coefficient (Wildman–Crippen LogP) is 3.84. The number of rotatable bonds is 3. The van der Waals surface area contributed by atoms with Gasteiger partial charge in [-0.3, -0.25) is 4.79 Å². The molecule has 0 saturated heterocycles. The van der Waals surface area contributed by atoms with Gasteiger partial charge in [-0.25, -0.2) is 18.2 Å². The smallest absolute Gasteiger partial charge is 0.263 e. The molecule has 0 fully saturated rings. The van der Waals surface area contributed by atoms with Crippen LogP contribution >= 0.6 is 11.3 Å². The monoisotopic (exact) mass is 365 g/mol. The van der Waals surface area contributed by atoms with E-state index in [9.17, 15) is 18.0 Å². The van der Waals surface area contributed by atoms with Crippen LogP contribution in [0.2, 0.25) is 0 Å². The van der Waals surface area contributed by atoms with E-state index in [1.54, 1.807) is 0 Å². The summed E-state index contributed by atoms with van der Waals surface area (Å²) in [5.41, 5.74) is 7.92. The van der Waals surface area contributed by atoms with Crippen LogP contribution in [-0.2, 0) is 6.54 Å². The molecule has 0 spiro atoms. The number of nitrogen functional groups attached to an aromatic ring is 1. The zero-order valence-electron chi connectivity index (χ0n) is 13.4. The number of nitrogens with two attached hydrogens (primary N) is 1. The molecule has 130 valence electrons. The molecule has 0 aliphatic carbocycles. The third-order valence-electron chi connectivity index (χ3n) is 3.76. The molecule has 25 heavy (non-hydrogen) atoms. The fourth-order valence-corrected chi connectivity index (χ4v) is 3.73. The van der Waals surface area contributed by atoms with Gasteiger partial charge in [-0.1, -0.05) is 0 Å². The molecule has 3 rings (SSSR count). The van der Waals surface area contributed by atoms with Crippen molar-refractivity contribution in [2.24, 2.45) is 0 Å². The molecular weight excluding hydrogens is 351 g/mol. The van der Waals surface area contributed by atoms with E-state index in [1.807, 2.05) is 19.9 Å². The summed E-state index contributed by atoms with van der Waals surface area (Å²) < 4.78 is 39.8. The van der Waals surface area contributed by atoms with E-state index in [0.29, 0.717) is 28.0 Å². The number of pyridine rings is 1. The Morgan fingerprint density at radius 2 is 1.84 bits per heavy atom. The van der Waals surface area contributed by atoms with Crippen molar-refractivity contribution in [3.05, 3.63) is 57.3 Å². The average molecular weight is 365 g/mol. The number of carbonyl (C=O) groups is 1. The Morgan fingerprint density at radius 3 is 2.56 bits per heavy atom. The number of halogens is 3. The minimum absolute atomic E-state index is 0.155. The van der Waals surface area contributed by atoms with Gasteiger partial charge < -0.3 is 11.1 Å². The standard InChI is InChI=1S/C17H14F3N3OS/c1-7-3-8(2)23-17-13(7)14(21)15(25-17)16(24)22-6-9-4-11(19)12(20)5-10(9)18/h3-5H,6,21H2,1-2H3,(H,22,24). The summed E-state index contributed by atoms with van der Waals surface area (Å²) in [6, 6.07) is 3.03. The van der Waals surface area contributed by atoms with Crippen LogP contribution in [0.4, 0.5) is 18.9 Å². The first-order chi connectivity index (χ1) is 11.8. The second kappa shape index (κ2) is 6.36. The van der Waals surface area contributed by atoms with Gasteiger partial charge in [-0.05, 0) is 31.5 Å². The van der Waals surface area contributed by atoms with E-state index >= 15 is 0 Å². The Kier molecular flexibility index (Phi) is 4.38. The molecule has 0 bridgehead atoms. The maximum Gasteiger partial charge on any atom is 0.263 e. The quantitative estimate of drug-likeness (QED) is 0.693. The van der Waals surface area contributed by atoms with Crippen LogP contribution in [0.25, 0.3) is 10.2 Å². The maximum atomic E-state index is 13.6. The maximum absolute atomic E-state index is 13.6. The van der Waals surface area contributed by atoms with Crippen LogP contribution in [0.15, 0.2) is 18.2 Å². The number of amides is 1. The van der Waals surface area contributed by atoms with Crippen molar-refractivity contribution in [3.63, 3.8) is 0 Å². The highest BCUT2D eigenvalue weighted by Crippen LogP contribution is 2.34. The van der Waals surface area contributed by atoms with Gasteiger partial charge in [0.25, 0.3) is 5.91 Å². The number of nitrogens with zero attached hydrogens (tertiary/aromatic N) is 1. The van der Waals surface area contributed by atoms with Crippen LogP contribution in [0.1, 0.15) is 26.5 Å². The Bertz CT molecular complexity index is 1000. The van der Waals surface area contributed by atoms with Gasteiger partial charge >= 0.3 is 0 Å². The second-order valence-electron chi connectivity index (χ2n) is 5.65. The highest BCUT2D eigenvalue weighted by molar-refractivity contribution is 7.21. The Morgan fingerprint density at radius 1 is 1.16 bits per heavy atom. The number of aryl methyl sites for hydroxylation is 2. The second-order valence-corrected chi connectivity index (χ2v) is 6.65. The molecule has 2 heterocycles. The lowest BCUT2D eigenvalue weighted by atomic mass is 10.1. The van der Waals surface area contributed by atoms with Crippen molar-refractivity contribution in [3.8, 4) is 0 Å².